The van der Waals surface area contributed by atoms with Crippen LogP contribution in [0.3, 0.4) is 0 Å². The standard InChI is InChI=1S/C15H21NO4/c1-3-11(2)20-10-14(17)16-13(15(18)19)9-12-7-5-4-6-8-12/h4-8,11,13H,3,9-10H2,1-2H3,(H,16,17)(H,18,19)/t11?,13-/m1/s1. The third kappa shape index (κ3) is 5.84. The molecule has 5 nitrogen and oxygen atoms in total. The highest BCUT2D eigenvalue weighted by Gasteiger charge is 2.20. The molecule has 0 aliphatic carbocycles. The average molecular weight is 279 g/mol. The normalized spacial score (nSPS) is 13.5. The van der Waals surface area contributed by atoms with Gasteiger partial charge in [0.05, 0.1) is 6.10 Å². The van der Waals surface area contributed by atoms with E-state index in [0.717, 1.165) is 12.0 Å². The van der Waals surface area contributed by atoms with E-state index < -0.39 is 17.9 Å². The number of hydrogen-bond acceptors (Lipinski definition) is 3. The Hall–Kier alpha value is -1.88. The monoisotopic (exact) mass is 279 g/mol. The molecule has 0 aromatic heterocycles. The number of carboxylic acid groups (broad SMARTS) is 1. The molecule has 0 aliphatic rings. The highest BCUT2D eigenvalue weighted by molar-refractivity contribution is 5.84. The lowest BCUT2D eigenvalue weighted by atomic mass is 10.1. The van der Waals surface area contributed by atoms with Crippen molar-refractivity contribution in [1.82, 2.24) is 5.32 Å². The SMILES string of the molecule is CCC(C)OCC(=O)N[C@H](Cc1ccccc1)C(=O)O. The van der Waals surface area contributed by atoms with Gasteiger partial charge in [0.15, 0.2) is 0 Å². The maximum atomic E-state index is 11.7. The Morgan fingerprint density at radius 3 is 2.50 bits per heavy atom. The van der Waals surface area contributed by atoms with Crippen LogP contribution >= 0.6 is 0 Å². The summed E-state index contributed by atoms with van der Waals surface area (Å²) < 4.78 is 5.28. The minimum Gasteiger partial charge on any atom is -0.480 e. The molecule has 0 saturated carbocycles. The van der Waals surface area contributed by atoms with Gasteiger partial charge in [-0.2, -0.15) is 0 Å². The van der Waals surface area contributed by atoms with Crippen molar-refractivity contribution in [3.63, 3.8) is 0 Å². The number of carboxylic acids is 1. The number of rotatable bonds is 8. The van der Waals surface area contributed by atoms with E-state index in [9.17, 15) is 9.59 Å². The van der Waals surface area contributed by atoms with E-state index in [4.69, 9.17) is 9.84 Å². The molecule has 1 amide bonds. The number of carbonyl (C=O) groups excluding carboxylic acids is 1. The van der Waals surface area contributed by atoms with Gasteiger partial charge in [0.25, 0.3) is 0 Å². The van der Waals surface area contributed by atoms with Crippen LogP contribution in [0.2, 0.25) is 0 Å². The lowest BCUT2D eigenvalue weighted by molar-refractivity contribution is -0.142. The van der Waals surface area contributed by atoms with Crippen LogP contribution in [0.1, 0.15) is 25.8 Å². The Bertz CT molecular complexity index is 433. The summed E-state index contributed by atoms with van der Waals surface area (Å²) in [4.78, 5) is 22.8. The minimum atomic E-state index is -1.05. The van der Waals surface area contributed by atoms with Crippen molar-refractivity contribution < 1.29 is 19.4 Å². The summed E-state index contributed by atoms with van der Waals surface area (Å²) in [5, 5.41) is 11.6. The Morgan fingerprint density at radius 2 is 1.95 bits per heavy atom. The highest BCUT2D eigenvalue weighted by atomic mass is 16.5. The number of carbonyl (C=O) groups is 2. The first-order valence-electron chi connectivity index (χ1n) is 6.70. The second-order valence-corrected chi connectivity index (χ2v) is 4.68. The zero-order valence-electron chi connectivity index (χ0n) is 11.8. The molecule has 20 heavy (non-hydrogen) atoms. The number of ether oxygens (including phenoxy) is 1. The molecule has 2 N–H and O–H groups in total. The average Bonchev–Trinajstić information content (AvgIpc) is 2.45. The van der Waals surface area contributed by atoms with Gasteiger partial charge in [0, 0.05) is 6.42 Å². The molecule has 2 atom stereocenters. The lowest BCUT2D eigenvalue weighted by Crippen LogP contribution is -2.44. The van der Waals surface area contributed by atoms with Crippen molar-refractivity contribution in [2.45, 2.75) is 38.8 Å². The summed E-state index contributed by atoms with van der Waals surface area (Å²) in [6.07, 6.45) is 1.04. The van der Waals surface area contributed by atoms with E-state index in [1.54, 1.807) is 0 Å². The zero-order valence-corrected chi connectivity index (χ0v) is 11.8. The molecule has 1 unspecified atom stereocenters. The fourth-order valence-electron chi connectivity index (χ4n) is 1.62. The van der Waals surface area contributed by atoms with Crippen LogP contribution in [0.25, 0.3) is 0 Å². The molecule has 0 saturated heterocycles. The highest BCUT2D eigenvalue weighted by Crippen LogP contribution is 2.04. The first-order chi connectivity index (χ1) is 9.52. The van der Waals surface area contributed by atoms with Gasteiger partial charge in [-0.05, 0) is 18.9 Å². The van der Waals surface area contributed by atoms with Crippen LogP contribution in [0.15, 0.2) is 30.3 Å². The van der Waals surface area contributed by atoms with Crippen LogP contribution in [-0.2, 0) is 20.7 Å². The Balaban J connectivity index is 2.51. The van der Waals surface area contributed by atoms with Gasteiger partial charge in [0.1, 0.15) is 12.6 Å². The van der Waals surface area contributed by atoms with E-state index in [1.807, 2.05) is 44.2 Å². The maximum Gasteiger partial charge on any atom is 0.326 e. The predicted molar refractivity (Wildman–Crippen MR) is 75.4 cm³/mol. The van der Waals surface area contributed by atoms with E-state index in [1.165, 1.54) is 0 Å². The maximum absolute atomic E-state index is 11.7. The third-order valence-corrected chi connectivity index (χ3v) is 2.99. The van der Waals surface area contributed by atoms with Gasteiger partial charge >= 0.3 is 5.97 Å². The number of benzene rings is 1. The molecule has 110 valence electrons. The van der Waals surface area contributed by atoms with Crippen molar-refractivity contribution in [2.75, 3.05) is 6.61 Å². The van der Waals surface area contributed by atoms with E-state index in [-0.39, 0.29) is 19.1 Å². The van der Waals surface area contributed by atoms with Gasteiger partial charge in [-0.25, -0.2) is 4.79 Å². The summed E-state index contributed by atoms with van der Waals surface area (Å²) in [7, 11) is 0. The molecule has 5 heteroatoms. The predicted octanol–water partition coefficient (Wildman–Crippen LogP) is 1.61. The summed E-state index contributed by atoms with van der Waals surface area (Å²) in [6, 6.07) is 8.25. The van der Waals surface area contributed by atoms with Gasteiger partial charge in [-0.3, -0.25) is 4.79 Å². The molecule has 0 fully saturated rings. The molecular weight excluding hydrogens is 258 g/mol. The smallest absolute Gasteiger partial charge is 0.326 e. The molecule has 0 bridgehead atoms. The fraction of sp³-hybridized carbons (Fsp3) is 0.467. The number of hydrogen-bond donors (Lipinski definition) is 2. The molecule has 0 aliphatic heterocycles. The molecule has 0 spiro atoms. The Labute approximate surface area is 118 Å². The topological polar surface area (TPSA) is 75.6 Å². The van der Waals surface area contributed by atoms with Crippen molar-refractivity contribution in [1.29, 1.82) is 0 Å². The lowest BCUT2D eigenvalue weighted by Gasteiger charge is -2.16. The second kappa shape index (κ2) is 8.32. The molecule has 1 aromatic carbocycles. The van der Waals surface area contributed by atoms with E-state index in [0.29, 0.717) is 0 Å². The summed E-state index contributed by atoms with van der Waals surface area (Å²) in [5.74, 6) is -1.46. The zero-order chi connectivity index (χ0) is 15.0. The summed E-state index contributed by atoms with van der Waals surface area (Å²) >= 11 is 0. The minimum absolute atomic E-state index is 0.0156. The van der Waals surface area contributed by atoms with Gasteiger partial charge in [0.2, 0.25) is 5.91 Å². The van der Waals surface area contributed by atoms with Gasteiger partial charge in [-0.1, -0.05) is 37.3 Å². The molecule has 0 heterocycles. The van der Waals surface area contributed by atoms with Crippen LogP contribution in [0, 0.1) is 0 Å². The van der Waals surface area contributed by atoms with Crippen LogP contribution in [-0.4, -0.2) is 35.7 Å². The van der Waals surface area contributed by atoms with E-state index >= 15 is 0 Å². The van der Waals surface area contributed by atoms with Crippen LogP contribution in [0.5, 0.6) is 0 Å². The molecular formula is C15H21NO4. The fourth-order valence-corrected chi connectivity index (χ4v) is 1.62. The largest absolute Gasteiger partial charge is 0.480 e. The quantitative estimate of drug-likeness (QED) is 0.758. The van der Waals surface area contributed by atoms with Crippen molar-refractivity contribution in [2.24, 2.45) is 0 Å². The van der Waals surface area contributed by atoms with Crippen LogP contribution in [0.4, 0.5) is 0 Å². The number of nitrogens with one attached hydrogen (secondary N) is 1. The Morgan fingerprint density at radius 1 is 1.30 bits per heavy atom. The summed E-state index contributed by atoms with van der Waals surface area (Å²) in [5.41, 5.74) is 0.864. The van der Waals surface area contributed by atoms with Crippen LogP contribution < -0.4 is 5.32 Å². The van der Waals surface area contributed by atoms with Crippen molar-refractivity contribution in [3.8, 4) is 0 Å². The summed E-state index contributed by atoms with van der Waals surface area (Å²) in [6.45, 7) is 3.71. The first kappa shape index (κ1) is 16.2. The third-order valence-electron chi connectivity index (χ3n) is 2.99. The van der Waals surface area contributed by atoms with Crippen molar-refractivity contribution in [3.05, 3.63) is 35.9 Å². The second-order valence-electron chi connectivity index (χ2n) is 4.68. The molecule has 1 rings (SSSR count). The number of amides is 1. The van der Waals surface area contributed by atoms with E-state index in [2.05, 4.69) is 5.32 Å². The van der Waals surface area contributed by atoms with Gasteiger partial charge < -0.3 is 15.2 Å². The molecule has 1 aromatic rings. The van der Waals surface area contributed by atoms with Gasteiger partial charge in [-0.15, -0.1) is 0 Å². The number of aliphatic carboxylic acids is 1. The molecule has 0 radical (unpaired) electrons. The Kier molecular flexibility index (Phi) is 6.73. The first-order valence-corrected chi connectivity index (χ1v) is 6.70. The van der Waals surface area contributed by atoms with Crippen molar-refractivity contribution >= 4 is 11.9 Å².